The minimum atomic E-state index is -0.777. The van der Waals surface area contributed by atoms with Gasteiger partial charge in [-0.3, -0.25) is 23.7 Å². The summed E-state index contributed by atoms with van der Waals surface area (Å²) in [5.41, 5.74) is 5.15. The number of hydrogen-bond acceptors (Lipinski definition) is 8. The van der Waals surface area contributed by atoms with Crippen molar-refractivity contribution >= 4 is 23.4 Å². The van der Waals surface area contributed by atoms with Crippen LogP contribution in [0, 0.1) is 0 Å². The number of nitrogen functional groups attached to an aromatic ring is 1. The maximum atomic E-state index is 12.7. The number of aromatic nitrogens is 5. The van der Waals surface area contributed by atoms with Crippen molar-refractivity contribution in [2.24, 2.45) is 0 Å². The lowest BCUT2D eigenvalue weighted by Gasteiger charge is -2.12. The fourth-order valence-electron chi connectivity index (χ4n) is 3.05. The van der Waals surface area contributed by atoms with Crippen molar-refractivity contribution in [3.05, 3.63) is 57.0 Å². The van der Waals surface area contributed by atoms with E-state index in [0.29, 0.717) is 10.9 Å². The number of nitrogens with two attached hydrogens (primary N) is 1. The second-order valence-electron chi connectivity index (χ2n) is 6.49. The van der Waals surface area contributed by atoms with Crippen LogP contribution in [0.25, 0.3) is 5.69 Å². The van der Waals surface area contributed by atoms with Gasteiger partial charge in [0, 0.05) is 6.04 Å². The first-order valence-corrected chi connectivity index (χ1v) is 9.83. The van der Waals surface area contributed by atoms with E-state index in [9.17, 15) is 14.4 Å². The van der Waals surface area contributed by atoms with Gasteiger partial charge in [-0.05, 0) is 25.0 Å². The largest absolute Gasteiger partial charge is 0.495 e. The number of rotatable bonds is 7. The molecule has 1 aliphatic rings. The third kappa shape index (κ3) is 3.56. The average Bonchev–Trinajstić information content (AvgIpc) is 3.42. The lowest BCUT2D eigenvalue weighted by molar-refractivity contribution is 0.102. The molecule has 2 heterocycles. The van der Waals surface area contributed by atoms with Crippen molar-refractivity contribution < 1.29 is 9.53 Å². The zero-order chi connectivity index (χ0) is 20.5. The molecule has 150 valence electrons. The molecular formula is C18H18N6O4S. The fraction of sp³-hybridized carbons (Fsp3) is 0.278. The summed E-state index contributed by atoms with van der Waals surface area (Å²) >= 11 is 1.11. The van der Waals surface area contributed by atoms with Gasteiger partial charge >= 0.3 is 5.69 Å². The molecule has 0 radical (unpaired) electrons. The van der Waals surface area contributed by atoms with Gasteiger partial charge in [0.25, 0.3) is 5.56 Å². The van der Waals surface area contributed by atoms with Crippen LogP contribution in [-0.4, -0.2) is 43.0 Å². The van der Waals surface area contributed by atoms with Crippen molar-refractivity contribution in [1.29, 1.82) is 0 Å². The highest BCUT2D eigenvalue weighted by Crippen LogP contribution is 2.35. The molecule has 1 fully saturated rings. The Labute approximate surface area is 168 Å². The fourth-order valence-corrected chi connectivity index (χ4v) is 3.84. The van der Waals surface area contributed by atoms with Gasteiger partial charge in [-0.2, -0.15) is 0 Å². The molecule has 0 unspecified atom stereocenters. The minimum Gasteiger partial charge on any atom is -0.495 e. The lowest BCUT2D eigenvalue weighted by atomic mass is 10.2. The van der Waals surface area contributed by atoms with Crippen molar-refractivity contribution in [2.45, 2.75) is 24.0 Å². The Kier molecular flexibility index (Phi) is 4.97. The predicted octanol–water partition coefficient (Wildman–Crippen LogP) is 1.02. The Bertz CT molecular complexity index is 1190. The SMILES string of the molecule is COc1ccccc1-n1cnnc1SCC(=O)c1c(N)n(C2CC2)c(=O)[nH]c1=O. The number of H-pyrrole nitrogens is 1. The summed E-state index contributed by atoms with van der Waals surface area (Å²) in [6.07, 6.45) is 3.10. The Morgan fingerprint density at radius 2 is 2.10 bits per heavy atom. The van der Waals surface area contributed by atoms with Gasteiger partial charge in [0.05, 0.1) is 18.6 Å². The summed E-state index contributed by atoms with van der Waals surface area (Å²) in [6.45, 7) is 0. The van der Waals surface area contributed by atoms with Crippen molar-refractivity contribution in [3.8, 4) is 11.4 Å². The zero-order valence-electron chi connectivity index (χ0n) is 15.5. The van der Waals surface area contributed by atoms with Crippen LogP contribution in [0.3, 0.4) is 0 Å². The smallest absolute Gasteiger partial charge is 0.330 e. The molecule has 11 heteroatoms. The second-order valence-corrected chi connectivity index (χ2v) is 7.43. The molecule has 1 aromatic carbocycles. The van der Waals surface area contributed by atoms with E-state index in [2.05, 4.69) is 15.2 Å². The molecule has 3 N–H and O–H groups in total. The zero-order valence-corrected chi connectivity index (χ0v) is 16.3. The van der Waals surface area contributed by atoms with E-state index in [1.165, 1.54) is 10.9 Å². The third-order valence-electron chi connectivity index (χ3n) is 4.57. The van der Waals surface area contributed by atoms with Crippen molar-refractivity contribution in [3.63, 3.8) is 0 Å². The van der Waals surface area contributed by atoms with E-state index in [0.717, 1.165) is 30.3 Å². The Hall–Kier alpha value is -3.34. The van der Waals surface area contributed by atoms with Crippen LogP contribution < -0.4 is 21.7 Å². The van der Waals surface area contributed by atoms with Crippen LogP contribution >= 0.6 is 11.8 Å². The van der Waals surface area contributed by atoms with E-state index in [4.69, 9.17) is 10.5 Å². The predicted molar refractivity (Wildman–Crippen MR) is 107 cm³/mol. The number of methoxy groups -OCH3 is 1. The van der Waals surface area contributed by atoms with Gasteiger partial charge in [-0.25, -0.2) is 4.79 Å². The molecule has 0 spiro atoms. The highest BCUT2D eigenvalue weighted by atomic mass is 32.2. The second kappa shape index (κ2) is 7.59. The number of para-hydroxylation sites is 2. The molecule has 0 atom stereocenters. The van der Waals surface area contributed by atoms with E-state index >= 15 is 0 Å². The number of anilines is 1. The molecule has 0 aliphatic heterocycles. The molecule has 3 aromatic rings. The maximum Gasteiger partial charge on any atom is 0.330 e. The summed E-state index contributed by atoms with van der Waals surface area (Å²) in [6, 6.07) is 7.26. The molecule has 1 saturated carbocycles. The minimum absolute atomic E-state index is 0.0628. The Morgan fingerprint density at radius 1 is 1.34 bits per heavy atom. The van der Waals surface area contributed by atoms with Crippen molar-refractivity contribution in [1.82, 2.24) is 24.3 Å². The van der Waals surface area contributed by atoms with Gasteiger partial charge in [0.1, 0.15) is 23.5 Å². The summed E-state index contributed by atoms with van der Waals surface area (Å²) in [7, 11) is 1.56. The number of ether oxygens (including phenoxy) is 1. The molecule has 0 bridgehead atoms. The summed E-state index contributed by atoms with van der Waals surface area (Å²) in [5.74, 6) is -0.0438. The highest BCUT2D eigenvalue weighted by Gasteiger charge is 2.30. The first kappa shape index (κ1) is 19.0. The summed E-state index contributed by atoms with van der Waals surface area (Å²) < 4.78 is 8.33. The number of aromatic amines is 1. The summed E-state index contributed by atoms with van der Waals surface area (Å²) in [5, 5.41) is 8.40. The molecule has 2 aromatic heterocycles. The maximum absolute atomic E-state index is 12.7. The van der Waals surface area contributed by atoms with Crippen molar-refractivity contribution in [2.75, 3.05) is 18.6 Å². The number of Topliss-reactive ketones (excluding diaryl/α,β-unsaturated/α-hetero) is 1. The number of hydrogen-bond donors (Lipinski definition) is 2. The first-order chi connectivity index (χ1) is 14.0. The Morgan fingerprint density at radius 3 is 2.83 bits per heavy atom. The summed E-state index contributed by atoms with van der Waals surface area (Å²) in [4.78, 5) is 39.1. The molecular weight excluding hydrogens is 396 g/mol. The van der Waals surface area contributed by atoms with Gasteiger partial charge in [-0.15, -0.1) is 10.2 Å². The Balaban J connectivity index is 1.60. The van der Waals surface area contributed by atoms with Gasteiger partial charge < -0.3 is 10.5 Å². The van der Waals surface area contributed by atoms with Crippen LogP contribution in [-0.2, 0) is 0 Å². The van der Waals surface area contributed by atoms with E-state index in [1.807, 2.05) is 18.2 Å². The number of nitrogens with zero attached hydrogens (tertiary/aromatic N) is 4. The van der Waals surface area contributed by atoms with Crippen LogP contribution in [0.4, 0.5) is 5.82 Å². The number of nitrogens with one attached hydrogen (secondary N) is 1. The molecule has 0 saturated heterocycles. The van der Waals surface area contributed by atoms with Crippen LogP contribution in [0.5, 0.6) is 5.75 Å². The van der Waals surface area contributed by atoms with Crippen LogP contribution in [0.1, 0.15) is 29.2 Å². The van der Waals surface area contributed by atoms with Gasteiger partial charge in [0.2, 0.25) is 0 Å². The normalized spacial score (nSPS) is 13.4. The number of ketones is 1. The lowest BCUT2D eigenvalue weighted by Crippen LogP contribution is -2.36. The third-order valence-corrected chi connectivity index (χ3v) is 5.51. The molecule has 0 amide bonds. The first-order valence-electron chi connectivity index (χ1n) is 8.85. The topological polar surface area (TPSA) is 138 Å². The highest BCUT2D eigenvalue weighted by molar-refractivity contribution is 7.99. The number of benzene rings is 1. The van der Waals surface area contributed by atoms with Gasteiger partial charge in [0.15, 0.2) is 10.9 Å². The van der Waals surface area contributed by atoms with Gasteiger partial charge in [-0.1, -0.05) is 23.9 Å². The quantitative estimate of drug-likeness (QED) is 0.432. The number of carbonyl (C=O) groups excluding carboxylic acids is 1. The number of thioether (sulfide) groups is 1. The van der Waals surface area contributed by atoms with E-state index in [-0.39, 0.29) is 23.2 Å². The molecule has 10 nitrogen and oxygen atoms in total. The van der Waals surface area contributed by atoms with E-state index < -0.39 is 17.0 Å². The average molecular weight is 414 g/mol. The molecule has 4 rings (SSSR count). The molecule has 1 aliphatic carbocycles. The standard InChI is InChI=1S/C18H18N6O4S/c1-28-13-5-3-2-4-11(13)23-9-20-22-18(23)29-8-12(25)14-15(19)24(10-6-7-10)17(27)21-16(14)26/h2-5,9-10H,6-8,19H2,1H3,(H,21,26,27). The van der Waals surface area contributed by atoms with Crippen LogP contribution in [0.15, 0.2) is 45.3 Å². The molecule has 29 heavy (non-hydrogen) atoms. The van der Waals surface area contributed by atoms with E-state index in [1.54, 1.807) is 17.7 Å². The van der Waals surface area contributed by atoms with Crippen LogP contribution in [0.2, 0.25) is 0 Å². The number of carbonyl (C=O) groups is 1. The monoisotopic (exact) mass is 414 g/mol.